The van der Waals surface area contributed by atoms with Crippen molar-refractivity contribution in [2.24, 2.45) is 33.9 Å². The molecule has 97 heavy (non-hydrogen) atoms. The number of carbonyl (C=O) groups is 12. The zero-order valence-electron chi connectivity index (χ0n) is 55.3. The number of aliphatic hydroxyl groups is 3. The van der Waals surface area contributed by atoms with Gasteiger partial charge in [-0.2, -0.15) is 0 Å². The van der Waals surface area contributed by atoms with E-state index in [-0.39, 0.29) is 73.4 Å². The number of ether oxygens (including phenoxy) is 5. The van der Waals surface area contributed by atoms with E-state index in [1.165, 1.54) is 65.8 Å². The predicted molar refractivity (Wildman–Crippen MR) is 344 cm³/mol. The molecule has 3 aromatic rings. The van der Waals surface area contributed by atoms with Gasteiger partial charge in [0.05, 0.1) is 48.1 Å². The first-order valence-electron chi connectivity index (χ1n) is 32.3. The van der Waals surface area contributed by atoms with Crippen molar-refractivity contribution in [3.05, 3.63) is 119 Å². The first-order chi connectivity index (χ1) is 45.8. The van der Waals surface area contributed by atoms with E-state index in [4.69, 9.17) is 40.9 Å². The monoisotopic (exact) mass is 1350 g/mol. The fourth-order valence-corrected chi connectivity index (χ4v) is 13.4. The number of carbonyl (C=O) groups excluding carboxylic acids is 12. The molecule has 3 aliphatic carbocycles. The van der Waals surface area contributed by atoms with Gasteiger partial charge in [-0.1, -0.05) is 87.0 Å². The van der Waals surface area contributed by atoms with Crippen LogP contribution in [0.5, 0.6) is 0 Å². The summed E-state index contributed by atoms with van der Waals surface area (Å²) in [7, 11) is 0. The molecule has 0 spiro atoms. The summed E-state index contributed by atoms with van der Waals surface area (Å²) in [5, 5.41) is 53.8. The topological polar surface area (TPSA) is 462 Å². The lowest BCUT2D eigenvalue weighted by Gasteiger charge is -2.67. The van der Waals surface area contributed by atoms with E-state index in [9.17, 15) is 68.1 Å². The highest BCUT2D eigenvalue weighted by Crippen LogP contribution is 2.64. The molecule has 29 nitrogen and oxygen atoms in total. The Morgan fingerprint density at radius 3 is 1.91 bits per heavy atom. The van der Waals surface area contributed by atoms with Crippen LogP contribution in [0.2, 0.25) is 0 Å². The minimum Gasteiger partial charge on any atom is -0.456 e. The van der Waals surface area contributed by atoms with Crippen LogP contribution in [0.15, 0.2) is 102 Å². The number of primary amides is 2. The quantitative estimate of drug-likeness (QED) is 0.0191. The highest BCUT2D eigenvalue weighted by molar-refractivity contribution is 5.98. The van der Waals surface area contributed by atoms with Gasteiger partial charge in [0.1, 0.15) is 42.0 Å². The standard InChI is InChI=1S/C68H89N9O20/c1-36-45(94-63(90)52(82)51(40-22-12-8-13-23-40)77-60(87)41-24-14-9-15-25-41)34-68(92)56(96-62(89)42-26-16-10-17-27-42)54-66(7,46(79)33-47-67(54,35-93-47)97-39(4)78)55(83)53(50(36)65(68,5)6)95-64(91)73-31-20-11-18-29-49(81)72-30-21-19-28-43(57(71)84)75-61(88)44(32-48(70)80)76-59(86)38(3)74-58(85)37(2)69/h8-10,12-17,22-27,37-38,43-47,51-54,56,79,82,92H,11,18-21,28-35,69H2,1-7H3,(H2,70,80)(H2,71,84)(H,72,81)(H,73,91)(H,74,85)(H,75,88)(H,76,86)(H,77,87)/t37?,38?,43?,44?,45-,46-,47+,51-,52+,53+,54-,56-,66+,67-,68+/m0/s1. The third-order valence-corrected chi connectivity index (χ3v) is 18.9. The van der Waals surface area contributed by atoms with E-state index >= 15 is 4.79 Å². The van der Waals surface area contributed by atoms with Gasteiger partial charge >= 0.3 is 24.0 Å². The van der Waals surface area contributed by atoms with Crippen molar-refractivity contribution >= 4 is 71.1 Å². The third-order valence-electron chi connectivity index (χ3n) is 18.9. The average Bonchev–Trinajstić information content (AvgIpc) is 0.670. The minimum atomic E-state index is -2.54. The Hall–Kier alpha value is -9.16. The number of hydrogen-bond donors (Lipinski definition) is 12. The zero-order chi connectivity index (χ0) is 71.3. The number of hydrogen-bond acceptors (Lipinski definition) is 21. The number of Topliss-reactive ketones (excluding diaryl/α,β-unsaturated/α-hetero) is 1. The van der Waals surface area contributed by atoms with Crippen LogP contribution in [0.25, 0.3) is 0 Å². The first kappa shape index (κ1) is 75.2. The van der Waals surface area contributed by atoms with Gasteiger partial charge < -0.3 is 88.1 Å². The second-order valence-electron chi connectivity index (χ2n) is 25.9. The number of alkyl carbamates (subject to hydrolysis) is 1. The Bertz CT molecular complexity index is 3450. The highest BCUT2D eigenvalue weighted by Gasteiger charge is 2.78. The molecule has 0 radical (unpaired) electrons. The lowest BCUT2D eigenvalue weighted by atomic mass is 9.44. The van der Waals surface area contributed by atoms with Crippen molar-refractivity contribution in [1.29, 1.82) is 0 Å². The maximum absolute atomic E-state index is 16.2. The van der Waals surface area contributed by atoms with Crippen LogP contribution >= 0.6 is 0 Å². The summed E-state index contributed by atoms with van der Waals surface area (Å²) in [4.78, 5) is 162. The number of nitrogens with one attached hydrogen (secondary N) is 6. The number of benzene rings is 3. The van der Waals surface area contributed by atoms with Gasteiger partial charge in [0, 0.05) is 50.3 Å². The number of ketones is 1. The van der Waals surface area contributed by atoms with Crippen molar-refractivity contribution in [1.82, 2.24) is 31.9 Å². The fraction of sp³-hybridized carbons (Fsp3) is 0.529. The molecular formula is C68H89N9O20. The van der Waals surface area contributed by atoms with Gasteiger partial charge in [-0.15, -0.1) is 0 Å². The van der Waals surface area contributed by atoms with E-state index in [1.807, 2.05) is 0 Å². The Kier molecular flexibility index (Phi) is 25.0. The summed E-state index contributed by atoms with van der Waals surface area (Å²) < 4.78 is 31.0. The van der Waals surface area contributed by atoms with Crippen LogP contribution in [0.3, 0.4) is 0 Å². The summed E-state index contributed by atoms with van der Waals surface area (Å²) in [6.07, 6.45) is -11.6. The van der Waals surface area contributed by atoms with Crippen molar-refractivity contribution in [3.8, 4) is 0 Å². The maximum atomic E-state index is 16.2. The van der Waals surface area contributed by atoms with Crippen LogP contribution in [0.1, 0.15) is 145 Å². The van der Waals surface area contributed by atoms with Crippen molar-refractivity contribution in [2.45, 2.75) is 191 Å². The van der Waals surface area contributed by atoms with E-state index in [1.54, 1.807) is 66.7 Å². The van der Waals surface area contributed by atoms with E-state index in [2.05, 4.69) is 31.9 Å². The summed E-state index contributed by atoms with van der Waals surface area (Å²) >= 11 is 0. The highest BCUT2D eigenvalue weighted by atomic mass is 16.6. The summed E-state index contributed by atoms with van der Waals surface area (Å²) in [6, 6.07) is 17.6. The molecule has 29 heteroatoms. The SMILES string of the molecule is CC(=O)O[C@@]12CO[C@@H]1C[C@H](O)[C@@]1(C)C(=O)[C@H](OC(=O)NCCCCCC(=O)NCCCCC(NC(=O)C(CC(N)=O)NC(=O)C(C)NC(=O)C(C)N)C(N)=O)C3=C(C)[C@@H](OC(=O)[C@H](O)[C@@H](NC(=O)c4ccccc4)c4ccccc4)C[C@@](O)([C@@H](OC(=O)c4ccccc4)[C@H]21)C3(C)C. The number of unbranched alkanes of at least 4 members (excludes halogenated alkanes) is 3. The molecule has 1 saturated heterocycles. The molecule has 15 N–H and O–H groups in total. The van der Waals surface area contributed by atoms with Gasteiger partial charge in [0.25, 0.3) is 5.91 Å². The van der Waals surface area contributed by atoms with E-state index in [0.29, 0.717) is 24.8 Å². The van der Waals surface area contributed by atoms with Crippen LogP contribution in [0.4, 0.5) is 4.79 Å². The van der Waals surface area contributed by atoms with Gasteiger partial charge in [-0.25, -0.2) is 14.4 Å². The largest absolute Gasteiger partial charge is 0.456 e. The fourth-order valence-electron chi connectivity index (χ4n) is 13.4. The van der Waals surface area contributed by atoms with Crippen LogP contribution in [0, 0.1) is 16.7 Å². The number of aliphatic hydroxyl groups excluding tert-OH is 2. The Balaban J connectivity index is 1.07. The maximum Gasteiger partial charge on any atom is 0.408 e. The third kappa shape index (κ3) is 17.2. The predicted octanol–water partition coefficient (Wildman–Crippen LogP) is 0.928. The van der Waals surface area contributed by atoms with Gasteiger partial charge in [0.15, 0.2) is 23.6 Å². The molecule has 1 heterocycles. The lowest BCUT2D eigenvalue weighted by Crippen LogP contribution is -2.82. The lowest BCUT2D eigenvalue weighted by molar-refractivity contribution is -0.345. The summed E-state index contributed by atoms with van der Waals surface area (Å²) in [5.41, 5.74) is 8.39. The second kappa shape index (κ2) is 32.3. The van der Waals surface area contributed by atoms with Crippen molar-refractivity contribution in [3.63, 3.8) is 0 Å². The normalized spacial score (nSPS) is 25.6. The molecule has 1 aliphatic heterocycles. The molecule has 2 saturated carbocycles. The van der Waals surface area contributed by atoms with Gasteiger partial charge in [-0.05, 0) is 101 Å². The Morgan fingerprint density at radius 2 is 1.32 bits per heavy atom. The van der Waals surface area contributed by atoms with E-state index < -0.39 is 179 Å². The number of rotatable bonds is 30. The van der Waals surface area contributed by atoms with Crippen molar-refractivity contribution < 1.29 is 96.5 Å². The summed E-state index contributed by atoms with van der Waals surface area (Å²) in [6.45, 7) is 9.41. The van der Waals surface area contributed by atoms with Crippen LogP contribution in [-0.4, -0.2) is 178 Å². The minimum absolute atomic E-state index is 0.00667. The molecule has 4 aliphatic rings. The number of esters is 3. The molecule has 3 aromatic carbocycles. The molecule has 0 aromatic heterocycles. The first-order valence-corrected chi connectivity index (χ1v) is 32.3. The smallest absolute Gasteiger partial charge is 0.408 e. The van der Waals surface area contributed by atoms with Crippen LogP contribution < -0.4 is 49.1 Å². The summed E-state index contributed by atoms with van der Waals surface area (Å²) in [5.74, 6) is -11.1. The van der Waals surface area contributed by atoms with Crippen LogP contribution in [-0.2, 0) is 66.8 Å². The molecular weight excluding hydrogens is 1260 g/mol. The van der Waals surface area contributed by atoms with E-state index in [0.717, 1.165) is 6.92 Å². The number of nitrogens with two attached hydrogens (primary N) is 3. The zero-order valence-corrected chi connectivity index (χ0v) is 55.3. The molecule has 4 unspecified atom stereocenters. The molecule has 7 rings (SSSR count). The Morgan fingerprint density at radius 1 is 0.722 bits per heavy atom. The second-order valence-corrected chi connectivity index (χ2v) is 25.9. The molecule has 8 amide bonds. The van der Waals surface area contributed by atoms with Gasteiger partial charge in [-0.3, -0.25) is 43.2 Å². The average molecular weight is 1350 g/mol. The molecule has 3 fully saturated rings. The van der Waals surface area contributed by atoms with Gasteiger partial charge in [0.2, 0.25) is 35.4 Å². The van der Waals surface area contributed by atoms with Crippen molar-refractivity contribution in [2.75, 3.05) is 19.7 Å². The Labute approximate surface area is 560 Å². The molecule has 15 atom stereocenters. The molecule has 2 bridgehead atoms. The number of fused-ring (bicyclic) bond motifs is 5. The number of amides is 8. The molecule has 526 valence electrons.